The van der Waals surface area contributed by atoms with Crippen molar-refractivity contribution < 1.29 is 4.79 Å². The van der Waals surface area contributed by atoms with E-state index in [-0.39, 0.29) is 11.9 Å². The lowest BCUT2D eigenvalue weighted by Gasteiger charge is -2.29. The van der Waals surface area contributed by atoms with Gasteiger partial charge in [-0.15, -0.1) is 11.3 Å². The van der Waals surface area contributed by atoms with Gasteiger partial charge in [-0.1, -0.05) is 25.8 Å². The molecule has 0 saturated heterocycles. The molecule has 1 aliphatic carbocycles. The monoisotopic (exact) mass is 280 g/mol. The molecule has 1 aliphatic rings. The van der Waals surface area contributed by atoms with Crippen LogP contribution >= 0.6 is 11.3 Å². The number of rotatable bonds is 5. The fraction of sp³-hybridized carbons (Fsp3) is 0.667. The van der Waals surface area contributed by atoms with Crippen LogP contribution < -0.4 is 10.6 Å². The average Bonchev–Trinajstić information content (AvgIpc) is 2.93. The molecule has 0 unspecified atom stereocenters. The van der Waals surface area contributed by atoms with Gasteiger partial charge in [0.25, 0.3) is 0 Å². The van der Waals surface area contributed by atoms with Crippen LogP contribution in [0.1, 0.15) is 50.4 Å². The summed E-state index contributed by atoms with van der Waals surface area (Å²) >= 11 is 1.72. The Balaban J connectivity index is 1.72. The predicted molar refractivity (Wildman–Crippen MR) is 80.3 cm³/mol. The van der Waals surface area contributed by atoms with E-state index in [4.69, 9.17) is 0 Å². The maximum absolute atomic E-state index is 12.0. The minimum absolute atomic E-state index is 0.127. The minimum Gasteiger partial charge on any atom is -0.352 e. The van der Waals surface area contributed by atoms with Gasteiger partial charge >= 0.3 is 0 Å². The molecular formula is C15H24N2OS. The first-order valence-corrected chi connectivity index (χ1v) is 8.11. The highest BCUT2D eigenvalue weighted by Crippen LogP contribution is 2.23. The lowest BCUT2D eigenvalue weighted by atomic mass is 9.86. The molecular weight excluding hydrogens is 256 g/mol. The number of carbonyl (C=O) groups is 1. The number of nitrogens with one attached hydrogen (secondary N) is 2. The van der Waals surface area contributed by atoms with E-state index in [1.807, 2.05) is 6.07 Å². The fourth-order valence-corrected chi connectivity index (χ4v) is 3.43. The molecule has 0 aromatic carbocycles. The van der Waals surface area contributed by atoms with E-state index in [1.165, 1.54) is 24.1 Å². The van der Waals surface area contributed by atoms with Crippen LogP contribution in [0.5, 0.6) is 0 Å². The molecule has 0 bridgehead atoms. The molecule has 2 N–H and O–H groups in total. The van der Waals surface area contributed by atoms with Gasteiger partial charge in [0.1, 0.15) is 0 Å². The number of amides is 1. The van der Waals surface area contributed by atoms with Crippen LogP contribution in [0, 0.1) is 5.92 Å². The standard InChI is InChI=1S/C15H24N2OS/c1-11-6-3-4-7-13(11)17-15(18)10-16-12(2)14-8-5-9-19-14/h5,8-9,11-13,16H,3-4,6-7,10H2,1-2H3,(H,17,18)/t11-,12+,13+/m1/s1. The Morgan fingerprint density at radius 3 is 2.95 bits per heavy atom. The van der Waals surface area contributed by atoms with Gasteiger partial charge in [0.2, 0.25) is 5.91 Å². The second-order valence-corrected chi connectivity index (χ2v) is 6.53. The van der Waals surface area contributed by atoms with Crippen LogP contribution in [-0.2, 0) is 4.79 Å². The highest BCUT2D eigenvalue weighted by atomic mass is 32.1. The summed E-state index contributed by atoms with van der Waals surface area (Å²) in [5.74, 6) is 0.745. The largest absolute Gasteiger partial charge is 0.352 e. The average molecular weight is 280 g/mol. The molecule has 19 heavy (non-hydrogen) atoms. The zero-order valence-electron chi connectivity index (χ0n) is 11.8. The molecule has 3 nitrogen and oxygen atoms in total. The van der Waals surface area contributed by atoms with Crippen molar-refractivity contribution in [2.75, 3.05) is 6.54 Å². The first kappa shape index (κ1) is 14.5. The van der Waals surface area contributed by atoms with E-state index in [9.17, 15) is 4.79 Å². The Labute approximate surface area is 119 Å². The second-order valence-electron chi connectivity index (χ2n) is 5.55. The van der Waals surface area contributed by atoms with Gasteiger partial charge in [-0.25, -0.2) is 0 Å². The lowest BCUT2D eigenvalue weighted by Crippen LogP contribution is -2.44. The van der Waals surface area contributed by atoms with Crippen molar-refractivity contribution in [2.24, 2.45) is 5.92 Å². The van der Waals surface area contributed by atoms with Crippen molar-refractivity contribution in [2.45, 2.75) is 51.6 Å². The van der Waals surface area contributed by atoms with E-state index >= 15 is 0 Å². The smallest absolute Gasteiger partial charge is 0.234 e. The summed E-state index contributed by atoms with van der Waals surface area (Å²) in [7, 11) is 0. The highest BCUT2D eigenvalue weighted by Gasteiger charge is 2.22. The molecule has 0 radical (unpaired) electrons. The van der Waals surface area contributed by atoms with Crippen molar-refractivity contribution >= 4 is 17.2 Å². The van der Waals surface area contributed by atoms with Crippen molar-refractivity contribution in [3.63, 3.8) is 0 Å². The van der Waals surface area contributed by atoms with Crippen LogP contribution in [0.2, 0.25) is 0 Å². The quantitative estimate of drug-likeness (QED) is 0.870. The van der Waals surface area contributed by atoms with Gasteiger partial charge < -0.3 is 10.6 Å². The van der Waals surface area contributed by atoms with E-state index < -0.39 is 0 Å². The Morgan fingerprint density at radius 2 is 2.26 bits per heavy atom. The maximum Gasteiger partial charge on any atom is 0.234 e. The molecule has 1 amide bonds. The number of carbonyl (C=O) groups excluding carboxylic acids is 1. The number of thiophene rings is 1. The van der Waals surface area contributed by atoms with Crippen LogP contribution in [0.4, 0.5) is 0 Å². The second kappa shape index (κ2) is 7.06. The van der Waals surface area contributed by atoms with Gasteiger partial charge in [-0.2, -0.15) is 0 Å². The van der Waals surface area contributed by atoms with Crippen LogP contribution in [0.15, 0.2) is 17.5 Å². The fourth-order valence-electron chi connectivity index (χ4n) is 2.67. The minimum atomic E-state index is 0.127. The van der Waals surface area contributed by atoms with Crippen LogP contribution in [0.3, 0.4) is 0 Å². The summed E-state index contributed by atoms with van der Waals surface area (Å²) in [4.78, 5) is 13.2. The Hall–Kier alpha value is -0.870. The van der Waals surface area contributed by atoms with Crippen molar-refractivity contribution in [3.8, 4) is 0 Å². The van der Waals surface area contributed by atoms with Gasteiger partial charge in [0, 0.05) is 17.0 Å². The van der Waals surface area contributed by atoms with Gasteiger partial charge in [0.15, 0.2) is 0 Å². The SMILES string of the molecule is C[C@H](NCC(=O)N[C@H]1CCCC[C@H]1C)c1cccs1. The third-order valence-electron chi connectivity index (χ3n) is 4.00. The van der Waals surface area contributed by atoms with Crippen LogP contribution in [0.25, 0.3) is 0 Å². The van der Waals surface area contributed by atoms with E-state index in [0.29, 0.717) is 18.5 Å². The molecule has 1 saturated carbocycles. The zero-order valence-corrected chi connectivity index (χ0v) is 12.6. The summed E-state index contributed by atoms with van der Waals surface area (Å²) < 4.78 is 0. The van der Waals surface area contributed by atoms with E-state index in [0.717, 1.165) is 6.42 Å². The highest BCUT2D eigenvalue weighted by molar-refractivity contribution is 7.10. The summed E-state index contributed by atoms with van der Waals surface area (Å²) in [6.07, 6.45) is 4.92. The van der Waals surface area contributed by atoms with Crippen molar-refractivity contribution in [1.82, 2.24) is 10.6 Å². The zero-order chi connectivity index (χ0) is 13.7. The predicted octanol–water partition coefficient (Wildman–Crippen LogP) is 3.09. The molecule has 1 fully saturated rings. The first-order chi connectivity index (χ1) is 9.16. The van der Waals surface area contributed by atoms with Crippen molar-refractivity contribution in [3.05, 3.63) is 22.4 Å². The topological polar surface area (TPSA) is 41.1 Å². The molecule has 2 rings (SSSR count). The van der Waals surface area contributed by atoms with Gasteiger partial charge in [-0.3, -0.25) is 4.79 Å². The Bertz CT molecular complexity index is 391. The van der Waals surface area contributed by atoms with Gasteiger partial charge in [-0.05, 0) is 37.1 Å². The third kappa shape index (κ3) is 4.32. The molecule has 1 heterocycles. The summed E-state index contributed by atoms with van der Waals surface area (Å²) in [6.45, 7) is 4.75. The molecule has 106 valence electrons. The molecule has 0 spiro atoms. The third-order valence-corrected chi connectivity index (χ3v) is 5.05. The molecule has 0 aliphatic heterocycles. The Morgan fingerprint density at radius 1 is 1.47 bits per heavy atom. The molecule has 1 aromatic rings. The van der Waals surface area contributed by atoms with E-state index in [1.54, 1.807) is 11.3 Å². The Kier molecular flexibility index (Phi) is 5.40. The van der Waals surface area contributed by atoms with Crippen LogP contribution in [-0.4, -0.2) is 18.5 Å². The normalized spacial score (nSPS) is 24.9. The maximum atomic E-state index is 12.0. The molecule has 1 aromatic heterocycles. The summed E-state index contributed by atoms with van der Waals surface area (Å²) in [6, 6.07) is 4.76. The van der Waals surface area contributed by atoms with Crippen molar-refractivity contribution in [1.29, 1.82) is 0 Å². The number of hydrogen-bond acceptors (Lipinski definition) is 3. The number of hydrogen-bond donors (Lipinski definition) is 2. The first-order valence-electron chi connectivity index (χ1n) is 7.23. The van der Waals surface area contributed by atoms with Gasteiger partial charge in [0.05, 0.1) is 6.54 Å². The summed E-state index contributed by atoms with van der Waals surface area (Å²) in [5, 5.41) is 8.53. The lowest BCUT2D eigenvalue weighted by molar-refractivity contribution is -0.121. The van der Waals surface area contributed by atoms with E-state index in [2.05, 4.69) is 35.9 Å². The summed E-state index contributed by atoms with van der Waals surface area (Å²) in [5.41, 5.74) is 0. The molecule has 3 atom stereocenters. The molecule has 4 heteroatoms.